The molecule has 0 amide bonds. The Morgan fingerprint density at radius 1 is 1.24 bits per heavy atom. The van der Waals surface area contributed by atoms with Crippen molar-refractivity contribution in [1.82, 2.24) is 0 Å². The van der Waals surface area contributed by atoms with Gasteiger partial charge >= 0.3 is 11.9 Å². The van der Waals surface area contributed by atoms with Crippen molar-refractivity contribution in [2.75, 3.05) is 7.11 Å². The average molecular weight is 298 g/mol. The van der Waals surface area contributed by atoms with Gasteiger partial charge in [0.05, 0.1) is 19.4 Å². The molecule has 122 valence electrons. The van der Waals surface area contributed by atoms with Crippen LogP contribution in [0.5, 0.6) is 0 Å². The lowest BCUT2D eigenvalue weighted by Gasteiger charge is -2.16. The molecule has 4 heteroatoms. The normalized spacial score (nSPS) is 14.9. The van der Waals surface area contributed by atoms with Crippen LogP contribution in [-0.2, 0) is 14.3 Å². The third-order valence-electron chi connectivity index (χ3n) is 3.44. The number of ether oxygens (including phenoxy) is 1. The maximum Gasteiger partial charge on any atom is 0.307 e. The van der Waals surface area contributed by atoms with Crippen LogP contribution in [0.15, 0.2) is 23.3 Å². The fourth-order valence-electron chi connectivity index (χ4n) is 1.87. The fraction of sp³-hybridized carbons (Fsp3) is 0.647. The number of methoxy groups -OCH3 is 1. The highest BCUT2D eigenvalue weighted by Gasteiger charge is 2.26. The summed E-state index contributed by atoms with van der Waals surface area (Å²) in [6.07, 6.45) is 5.81. The zero-order valence-corrected chi connectivity index (χ0v) is 13.1. The van der Waals surface area contributed by atoms with Gasteiger partial charge in [0.15, 0.2) is 0 Å². The zero-order chi connectivity index (χ0) is 15.7. The first-order chi connectivity index (χ1) is 9.31. The molecule has 0 fully saturated rings. The average Bonchev–Trinajstić information content (AvgIpc) is 2.40. The molecule has 0 aliphatic rings. The van der Waals surface area contributed by atoms with Gasteiger partial charge in [-0.15, -0.1) is 0 Å². The summed E-state index contributed by atoms with van der Waals surface area (Å²) in [5.41, 5.74) is 2.43. The number of allylic oxidation sites excluding steroid dienone is 4. The first-order valence-electron chi connectivity index (χ1n) is 6.94. The molecule has 0 spiro atoms. The van der Waals surface area contributed by atoms with Crippen LogP contribution >= 0.6 is 0 Å². The number of carboxylic acid groups (broad SMARTS) is 1. The Balaban J connectivity index is 0. The van der Waals surface area contributed by atoms with E-state index in [2.05, 4.69) is 24.7 Å². The molecule has 0 aromatic rings. The lowest BCUT2D eigenvalue weighted by molar-refractivity contribution is -0.151. The van der Waals surface area contributed by atoms with Crippen molar-refractivity contribution in [3.63, 3.8) is 0 Å². The molecule has 0 aliphatic heterocycles. The van der Waals surface area contributed by atoms with Crippen molar-refractivity contribution in [3.05, 3.63) is 23.3 Å². The van der Waals surface area contributed by atoms with E-state index in [1.54, 1.807) is 0 Å². The topological polar surface area (TPSA) is 63.6 Å². The molecule has 0 radical (unpaired) electrons. The SMILES string of the molecule is C.CC/C(C)=C\C/C(C)=C/C(C)C(CC(=O)OC)C(=O)O. The van der Waals surface area contributed by atoms with E-state index in [9.17, 15) is 14.7 Å². The maximum atomic E-state index is 11.3. The smallest absolute Gasteiger partial charge is 0.307 e. The standard InChI is InChI=1S/C16H26O4.CH4/c1-6-11(2)7-8-12(3)9-13(4)14(16(18)19)10-15(17)20-5;/h7,9,13-14H,6,8,10H2,1-5H3,(H,18,19);1H4/b11-7-,12-9+;. The summed E-state index contributed by atoms with van der Waals surface area (Å²) in [7, 11) is 1.27. The number of esters is 1. The van der Waals surface area contributed by atoms with Crippen molar-refractivity contribution < 1.29 is 19.4 Å². The van der Waals surface area contributed by atoms with Crippen LogP contribution in [0.4, 0.5) is 0 Å². The van der Waals surface area contributed by atoms with Gasteiger partial charge in [0.1, 0.15) is 0 Å². The zero-order valence-electron chi connectivity index (χ0n) is 13.1. The van der Waals surface area contributed by atoms with Gasteiger partial charge in [-0.1, -0.05) is 44.6 Å². The molecule has 2 unspecified atom stereocenters. The van der Waals surface area contributed by atoms with Crippen LogP contribution < -0.4 is 0 Å². The van der Waals surface area contributed by atoms with Gasteiger partial charge in [-0.05, 0) is 32.6 Å². The summed E-state index contributed by atoms with van der Waals surface area (Å²) < 4.78 is 4.55. The van der Waals surface area contributed by atoms with Gasteiger partial charge in [-0.3, -0.25) is 9.59 Å². The molecule has 0 rings (SSSR count). The molecule has 0 heterocycles. The summed E-state index contributed by atoms with van der Waals surface area (Å²) >= 11 is 0. The van der Waals surface area contributed by atoms with E-state index in [4.69, 9.17) is 0 Å². The third kappa shape index (κ3) is 9.05. The van der Waals surface area contributed by atoms with Gasteiger partial charge in [0.2, 0.25) is 0 Å². The molecule has 0 aliphatic carbocycles. The molecule has 1 N–H and O–H groups in total. The van der Waals surface area contributed by atoms with Crippen LogP contribution in [0.2, 0.25) is 0 Å². The van der Waals surface area contributed by atoms with E-state index in [1.165, 1.54) is 12.7 Å². The number of carboxylic acids is 1. The first kappa shape index (κ1) is 21.7. The Morgan fingerprint density at radius 3 is 2.24 bits per heavy atom. The molecule has 2 atom stereocenters. The summed E-state index contributed by atoms with van der Waals surface area (Å²) in [6.45, 7) is 7.98. The number of hydrogen-bond donors (Lipinski definition) is 1. The second-order valence-electron chi connectivity index (χ2n) is 5.21. The molecule has 0 aromatic heterocycles. The number of carbonyl (C=O) groups excluding carboxylic acids is 1. The van der Waals surface area contributed by atoms with Gasteiger partial charge in [0, 0.05) is 0 Å². The van der Waals surface area contributed by atoms with E-state index < -0.39 is 17.9 Å². The summed E-state index contributed by atoms with van der Waals surface area (Å²) in [6, 6.07) is 0. The minimum Gasteiger partial charge on any atom is -0.481 e. The Bertz CT molecular complexity index is 394. The third-order valence-corrected chi connectivity index (χ3v) is 3.44. The Morgan fingerprint density at radius 2 is 1.81 bits per heavy atom. The van der Waals surface area contributed by atoms with Crippen molar-refractivity contribution in [1.29, 1.82) is 0 Å². The van der Waals surface area contributed by atoms with Crippen molar-refractivity contribution in [2.24, 2.45) is 11.8 Å². The predicted molar refractivity (Wildman–Crippen MR) is 86.1 cm³/mol. The van der Waals surface area contributed by atoms with Gasteiger partial charge in [0.25, 0.3) is 0 Å². The Labute approximate surface area is 128 Å². The number of carbonyl (C=O) groups is 2. The lowest BCUT2D eigenvalue weighted by Crippen LogP contribution is -2.24. The highest BCUT2D eigenvalue weighted by atomic mass is 16.5. The summed E-state index contributed by atoms with van der Waals surface area (Å²) in [5.74, 6) is -2.40. The summed E-state index contributed by atoms with van der Waals surface area (Å²) in [4.78, 5) is 22.5. The number of rotatable bonds is 8. The minimum atomic E-state index is -0.966. The van der Waals surface area contributed by atoms with E-state index >= 15 is 0 Å². The van der Waals surface area contributed by atoms with Crippen molar-refractivity contribution in [2.45, 2.75) is 54.4 Å². The molecule has 0 saturated carbocycles. The van der Waals surface area contributed by atoms with Crippen LogP contribution in [0, 0.1) is 11.8 Å². The van der Waals surface area contributed by atoms with E-state index in [-0.39, 0.29) is 19.8 Å². The fourth-order valence-corrected chi connectivity index (χ4v) is 1.87. The lowest BCUT2D eigenvalue weighted by atomic mass is 9.89. The predicted octanol–water partition coefficient (Wildman–Crippen LogP) is 4.22. The molecule has 4 nitrogen and oxygen atoms in total. The Hall–Kier alpha value is -1.58. The molecule has 0 aromatic carbocycles. The van der Waals surface area contributed by atoms with Crippen LogP contribution in [0.3, 0.4) is 0 Å². The van der Waals surface area contributed by atoms with Crippen LogP contribution in [0.1, 0.15) is 54.4 Å². The molecule has 21 heavy (non-hydrogen) atoms. The monoisotopic (exact) mass is 298 g/mol. The second kappa shape index (κ2) is 11.1. The molecule has 0 bridgehead atoms. The quantitative estimate of drug-likeness (QED) is 0.538. The number of aliphatic carboxylic acids is 1. The van der Waals surface area contributed by atoms with Crippen molar-refractivity contribution >= 4 is 11.9 Å². The number of hydrogen-bond acceptors (Lipinski definition) is 3. The van der Waals surface area contributed by atoms with Crippen molar-refractivity contribution in [3.8, 4) is 0 Å². The second-order valence-corrected chi connectivity index (χ2v) is 5.21. The molecule has 0 saturated heterocycles. The highest BCUT2D eigenvalue weighted by molar-refractivity contribution is 5.79. The van der Waals surface area contributed by atoms with Crippen LogP contribution in [0.25, 0.3) is 0 Å². The van der Waals surface area contributed by atoms with E-state index in [0.717, 1.165) is 18.4 Å². The maximum absolute atomic E-state index is 11.3. The largest absolute Gasteiger partial charge is 0.481 e. The summed E-state index contributed by atoms with van der Waals surface area (Å²) in [5, 5.41) is 9.21. The van der Waals surface area contributed by atoms with Gasteiger partial charge in [-0.2, -0.15) is 0 Å². The molecular formula is C17H30O4. The highest BCUT2D eigenvalue weighted by Crippen LogP contribution is 2.21. The minimum absolute atomic E-state index is 0. The van der Waals surface area contributed by atoms with E-state index in [1.807, 2.05) is 19.9 Å². The Kier molecular flexibility index (Phi) is 11.5. The van der Waals surface area contributed by atoms with Gasteiger partial charge < -0.3 is 9.84 Å². The van der Waals surface area contributed by atoms with Crippen LogP contribution in [-0.4, -0.2) is 24.2 Å². The molecular weight excluding hydrogens is 268 g/mol. The van der Waals surface area contributed by atoms with Gasteiger partial charge in [-0.25, -0.2) is 0 Å². The first-order valence-corrected chi connectivity index (χ1v) is 6.94. The van der Waals surface area contributed by atoms with E-state index in [0.29, 0.717) is 0 Å².